The molecule has 0 aromatic heterocycles. The highest BCUT2D eigenvalue weighted by molar-refractivity contribution is 6.30. The Morgan fingerprint density at radius 2 is 1.82 bits per heavy atom. The van der Waals surface area contributed by atoms with Crippen molar-refractivity contribution in [1.82, 2.24) is 0 Å². The molecule has 122 valence electrons. The lowest BCUT2D eigenvalue weighted by molar-refractivity contribution is -0.151. The summed E-state index contributed by atoms with van der Waals surface area (Å²) in [5, 5.41) is 0.543. The number of hydrogen-bond acceptors (Lipinski definition) is 5. The van der Waals surface area contributed by atoms with E-state index in [0.717, 1.165) is 12.8 Å². The molecule has 0 unspecified atom stereocenters. The van der Waals surface area contributed by atoms with Gasteiger partial charge in [0.1, 0.15) is 12.4 Å². The van der Waals surface area contributed by atoms with Gasteiger partial charge >= 0.3 is 11.9 Å². The molecule has 0 spiro atoms. The fraction of sp³-hybridized carbons (Fsp3) is 0.500. The molecule has 6 heteroatoms. The Morgan fingerprint density at radius 3 is 2.45 bits per heavy atom. The molecule has 0 heterocycles. The van der Waals surface area contributed by atoms with Crippen molar-refractivity contribution in [3.8, 4) is 5.75 Å². The fourth-order valence-electron chi connectivity index (χ4n) is 1.67. The van der Waals surface area contributed by atoms with Crippen LogP contribution in [0.25, 0.3) is 0 Å². The number of hydrogen-bond donors (Lipinski definition) is 0. The van der Waals surface area contributed by atoms with Gasteiger partial charge in [-0.3, -0.25) is 9.59 Å². The largest absolute Gasteiger partial charge is 0.496 e. The van der Waals surface area contributed by atoms with E-state index >= 15 is 0 Å². The number of carbonyl (C=O) groups excluding carboxylic acids is 2. The Labute approximate surface area is 135 Å². The van der Waals surface area contributed by atoms with Gasteiger partial charge in [-0.2, -0.15) is 0 Å². The van der Waals surface area contributed by atoms with E-state index in [4.69, 9.17) is 25.8 Å². The lowest BCUT2D eigenvalue weighted by Crippen LogP contribution is -2.11. The molecule has 0 saturated heterocycles. The van der Waals surface area contributed by atoms with Crippen molar-refractivity contribution in [2.45, 2.75) is 39.2 Å². The van der Waals surface area contributed by atoms with Crippen LogP contribution in [0.3, 0.4) is 0 Å². The monoisotopic (exact) mass is 328 g/mol. The molecule has 0 aliphatic carbocycles. The molecule has 0 saturated carbocycles. The third kappa shape index (κ3) is 6.80. The van der Waals surface area contributed by atoms with Gasteiger partial charge in [0.2, 0.25) is 0 Å². The van der Waals surface area contributed by atoms with Crippen LogP contribution in [0.15, 0.2) is 18.2 Å². The minimum absolute atomic E-state index is 0.000857. The molecule has 22 heavy (non-hydrogen) atoms. The van der Waals surface area contributed by atoms with Crippen molar-refractivity contribution < 1.29 is 23.8 Å². The first kappa shape index (κ1) is 18.3. The van der Waals surface area contributed by atoms with Crippen LogP contribution < -0.4 is 4.74 Å². The summed E-state index contributed by atoms with van der Waals surface area (Å²) < 4.78 is 15.2. The molecule has 0 atom stereocenters. The van der Waals surface area contributed by atoms with Gasteiger partial charge in [-0.25, -0.2) is 0 Å². The SMILES string of the molecule is CCCCOC(=O)CCC(=O)OCc1ccc(Cl)cc1OC. The summed E-state index contributed by atoms with van der Waals surface area (Å²) in [7, 11) is 1.52. The number of carbonyl (C=O) groups is 2. The van der Waals surface area contributed by atoms with Crippen molar-refractivity contribution in [3.63, 3.8) is 0 Å². The maximum Gasteiger partial charge on any atom is 0.306 e. The van der Waals surface area contributed by atoms with Crippen LogP contribution in [0.4, 0.5) is 0 Å². The maximum absolute atomic E-state index is 11.6. The van der Waals surface area contributed by atoms with Crippen LogP contribution in [-0.4, -0.2) is 25.7 Å². The van der Waals surface area contributed by atoms with Crippen LogP contribution >= 0.6 is 11.6 Å². The standard InChI is InChI=1S/C16H21ClO5/c1-3-4-9-21-15(18)7-8-16(19)22-11-12-5-6-13(17)10-14(12)20-2/h5-6,10H,3-4,7-9,11H2,1-2H3. The molecule has 5 nitrogen and oxygen atoms in total. The lowest BCUT2D eigenvalue weighted by Gasteiger charge is -2.09. The zero-order valence-corrected chi connectivity index (χ0v) is 13.6. The number of rotatable bonds is 9. The molecular weight excluding hydrogens is 308 g/mol. The van der Waals surface area contributed by atoms with Gasteiger partial charge in [-0.05, 0) is 18.6 Å². The molecule has 1 rings (SSSR count). The second-order valence-electron chi connectivity index (χ2n) is 4.69. The van der Waals surface area contributed by atoms with Gasteiger partial charge in [0.05, 0.1) is 26.6 Å². The highest BCUT2D eigenvalue weighted by atomic mass is 35.5. The maximum atomic E-state index is 11.6. The summed E-state index contributed by atoms with van der Waals surface area (Å²) >= 11 is 5.86. The molecule has 1 aromatic rings. The van der Waals surface area contributed by atoms with Crippen molar-refractivity contribution in [1.29, 1.82) is 0 Å². The van der Waals surface area contributed by atoms with E-state index in [-0.39, 0.29) is 25.4 Å². The highest BCUT2D eigenvalue weighted by Gasteiger charge is 2.11. The molecule has 0 N–H and O–H groups in total. The van der Waals surface area contributed by atoms with Crippen molar-refractivity contribution in [3.05, 3.63) is 28.8 Å². The molecule has 0 aliphatic rings. The zero-order chi connectivity index (χ0) is 16.4. The summed E-state index contributed by atoms with van der Waals surface area (Å²) in [6.45, 7) is 2.48. The average molecular weight is 329 g/mol. The van der Waals surface area contributed by atoms with Gasteiger partial charge in [0, 0.05) is 10.6 Å². The summed E-state index contributed by atoms with van der Waals surface area (Å²) in [6.07, 6.45) is 1.81. The van der Waals surface area contributed by atoms with Gasteiger partial charge in [-0.15, -0.1) is 0 Å². The van der Waals surface area contributed by atoms with Crippen LogP contribution in [0.1, 0.15) is 38.2 Å². The molecule has 0 bridgehead atoms. The molecule has 0 amide bonds. The summed E-state index contributed by atoms with van der Waals surface area (Å²) in [5.74, 6) is -0.279. The van der Waals surface area contributed by atoms with E-state index < -0.39 is 5.97 Å². The van der Waals surface area contributed by atoms with Crippen molar-refractivity contribution >= 4 is 23.5 Å². The first-order valence-corrected chi connectivity index (χ1v) is 7.58. The van der Waals surface area contributed by atoms with E-state index in [1.807, 2.05) is 6.92 Å². The number of ether oxygens (including phenoxy) is 3. The fourth-order valence-corrected chi connectivity index (χ4v) is 1.84. The number of halogens is 1. The Balaban J connectivity index is 2.33. The highest BCUT2D eigenvalue weighted by Crippen LogP contribution is 2.23. The van der Waals surface area contributed by atoms with Crippen LogP contribution in [-0.2, 0) is 25.7 Å². The second kappa shape index (κ2) is 10.1. The smallest absolute Gasteiger partial charge is 0.306 e. The second-order valence-corrected chi connectivity index (χ2v) is 5.13. The van der Waals surface area contributed by atoms with E-state index in [2.05, 4.69) is 0 Å². The zero-order valence-electron chi connectivity index (χ0n) is 12.9. The summed E-state index contributed by atoms with van der Waals surface area (Å²) in [4.78, 5) is 23.0. The average Bonchev–Trinajstić information content (AvgIpc) is 2.51. The number of esters is 2. The van der Waals surface area contributed by atoms with Gasteiger partial charge < -0.3 is 14.2 Å². The Bertz CT molecular complexity index is 501. The van der Waals surface area contributed by atoms with Crippen molar-refractivity contribution in [2.75, 3.05) is 13.7 Å². The minimum Gasteiger partial charge on any atom is -0.496 e. The third-order valence-corrected chi connectivity index (χ3v) is 3.17. The molecule has 0 fully saturated rings. The Morgan fingerprint density at radius 1 is 1.14 bits per heavy atom. The Hall–Kier alpha value is -1.75. The van der Waals surface area contributed by atoms with Crippen LogP contribution in [0.5, 0.6) is 5.75 Å². The number of unbranched alkanes of at least 4 members (excludes halogenated alkanes) is 1. The van der Waals surface area contributed by atoms with Crippen LogP contribution in [0.2, 0.25) is 5.02 Å². The normalized spacial score (nSPS) is 10.1. The number of benzene rings is 1. The quantitative estimate of drug-likeness (QED) is 0.512. The predicted molar refractivity (Wildman–Crippen MR) is 82.9 cm³/mol. The van der Waals surface area contributed by atoms with Gasteiger partial charge in [0.15, 0.2) is 0 Å². The van der Waals surface area contributed by atoms with Gasteiger partial charge in [0.25, 0.3) is 0 Å². The first-order chi connectivity index (χ1) is 10.6. The van der Waals surface area contributed by atoms with E-state index in [0.29, 0.717) is 22.9 Å². The van der Waals surface area contributed by atoms with Crippen LogP contribution in [0, 0.1) is 0 Å². The molecule has 0 radical (unpaired) electrons. The summed E-state index contributed by atoms with van der Waals surface area (Å²) in [6, 6.07) is 5.07. The third-order valence-electron chi connectivity index (χ3n) is 2.93. The van der Waals surface area contributed by atoms with Crippen molar-refractivity contribution in [2.24, 2.45) is 0 Å². The number of methoxy groups -OCH3 is 1. The lowest BCUT2D eigenvalue weighted by atomic mass is 10.2. The Kier molecular flexibility index (Phi) is 8.36. The van der Waals surface area contributed by atoms with E-state index in [1.54, 1.807) is 18.2 Å². The molecular formula is C16H21ClO5. The predicted octanol–water partition coefficient (Wildman–Crippen LogP) is 3.52. The van der Waals surface area contributed by atoms with Gasteiger partial charge in [-0.1, -0.05) is 31.0 Å². The van der Waals surface area contributed by atoms with E-state index in [1.165, 1.54) is 7.11 Å². The molecule has 1 aromatic carbocycles. The minimum atomic E-state index is -0.454. The summed E-state index contributed by atoms with van der Waals surface area (Å²) in [5.41, 5.74) is 0.714. The van der Waals surface area contributed by atoms with E-state index in [9.17, 15) is 9.59 Å². The molecule has 0 aliphatic heterocycles. The first-order valence-electron chi connectivity index (χ1n) is 7.20. The topological polar surface area (TPSA) is 61.8 Å².